The molecule has 3 fully saturated rings. The number of anilines is 1. The fourth-order valence-corrected chi connectivity index (χ4v) is 4.86. The van der Waals surface area contributed by atoms with Gasteiger partial charge in [-0.2, -0.15) is 5.26 Å². The van der Waals surface area contributed by atoms with Crippen molar-refractivity contribution in [2.75, 3.05) is 31.2 Å². The maximum atomic E-state index is 13.4. The fourth-order valence-electron chi connectivity index (χ4n) is 4.86. The summed E-state index contributed by atoms with van der Waals surface area (Å²) in [7, 11) is 0. The molecular weight excluding hydrogens is 344 g/mol. The first-order chi connectivity index (χ1) is 13.2. The van der Waals surface area contributed by atoms with Crippen molar-refractivity contribution in [2.45, 2.75) is 37.8 Å². The Bertz CT molecular complexity index is 898. The molecule has 2 atom stereocenters. The number of carbonyl (C=O) groups is 1. The Labute approximate surface area is 157 Å². The molecule has 8 heteroatoms. The topological polar surface area (TPSA) is 98.1 Å². The Morgan fingerprint density at radius 1 is 1.26 bits per heavy atom. The molecule has 2 aromatic heterocycles. The SMILES string of the molecule is N#CC1(C(=O)N2[C@@H]3CC[C@@H]2CN(c2ncnc4[nH]ccc24)C3)CCOCC1. The minimum atomic E-state index is -0.913. The first-order valence-electron chi connectivity index (χ1n) is 9.57. The number of amides is 1. The highest BCUT2D eigenvalue weighted by molar-refractivity contribution is 5.89. The molecule has 5 rings (SSSR count). The maximum Gasteiger partial charge on any atom is 0.243 e. The number of aromatic amines is 1. The molecule has 3 aliphatic heterocycles. The van der Waals surface area contributed by atoms with E-state index in [4.69, 9.17) is 4.74 Å². The summed E-state index contributed by atoms with van der Waals surface area (Å²) in [4.78, 5) is 29.6. The molecule has 2 bridgehead atoms. The van der Waals surface area contributed by atoms with Gasteiger partial charge < -0.3 is 19.5 Å². The van der Waals surface area contributed by atoms with Crippen LogP contribution in [0.1, 0.15) is 25.7 Å². The van der Waals surface area contributed by atoms with Gasteiger partial charge in [0.1, 0.15) is 23.2 Å². The predicted molar refractivity (Wildman–Crippen MR) is 97.9 cm³/mol. The lowest BCUT2D eigenvalue weighted by atomic mass is 9.79. The molecule has 0 unspecified atom stereocenters. The van der Waals surface area contributed by atoms with E-state index in [2.05, 4.69) is 25.9 Å². The van der Waals surface area contributed by atoms with Crippen molar-refractivity contribution >= 4 is 22.8 Å². The highest BCUT2D eigenvalue weighted by Gasteiger charge is 2.51. The van der Waals surface area contributed by atoms with Gasteiger partial charge in [0.2, 0.25) is 5.91 Å². The molecule has 140 valence electrons. The number of hydrogen-bond donors (Lipinski definition) is 1. The number of H-pyrrole nitrogens is 1. The Hall–Kier alpha value is -2.66. The summed E-state index contributed by atoms with van der Waals surface area (Å²) in [5.41, 5.74) is -0.0825. The predicted octanol–water partition coefficient (Wildman–Crippen LogP) is 1.46. The second-order valence-electron chi connectivity index (χ2n) is 7.75. The van der Waals surface area contributed by atoms with Crippen molar-refractivity contribution in [1.29, 1.82) is 5.26 Å². The summed E-state index contributed by atoms with van der Waals surface area (Å²) in [6, 6.07) is 4.60. The zero-order valence-corrected chi connectivity index (χ0v) is 15.1. The van der Waals surface area contributed by atoms with Crippen LogP contribution in [0.2, 0.25) is 0 Å². The van der Waals surface area contributed by atoms with Crippen LogP contribution in [-0.2, 0) is 9.53 Å². The number of fused-ring (bicyclic) bond motifs is 3. The highest BCUT2D eigenvalue weighted by atomic mass is 16.5. The summed E-state index contributed by atoms with van der Waals surface area (Å²) in [6.45, 7) is 2.47. The third-order valence-electron chi connectivity index (χ3n) is 6.32. The van der Waals surface area contributed by atoms with Crippen molar-refractivity contribution in [1.82, 2.24) is 19.9 Å². The maximum absolute atomic E-state index is 13.4. The summed E-state index contributed by atoms with van der Waals surface area (Å²) in [6.07, 6.45) is 6.41. The molecule has 27 heavy (non-hydrogen) atoms. The van der Waals surface area contributed by atoms with Crippen LogP contribution in [0.5, 0.6) is 0 Å². The van der Waals surface area contributed by atoms with Gasteiger partial charge in [-0.3, -0.25) is 4.79 Å². The standard InChI is InChI=1S/C19H22N6O2/c20-11-19(4-7-27-8-5-19)18(26)25-13-1-2-14(25)10-24(9-13)17-15-3-6-21-16(15)22-12-23-17/h3,6,12-14H,1-2,4-5,7-10H2,(H,21,22,23)/t13-,14-/m1/s1. The van der Waals surface area contributed by atoms with Crippen molar-refractivity contribution in [3.63, 3.8) is 0 Å². The molecule has 0 spiro atoms. The molecule has 0 aliphatic carbocycles. The van der Waals surface area contributed by atoms with Gasteiger partial charge in [0, 0.05) is 44.6 Å². The molecule has 8 nitrogen and oxygen atoms in total. The van der Waals surface area contributed by atoms with Gasteiger partial charge in [0.15, 0.2) is 0 Å². The minimum absolute atomic E-state index is 0.00919. The van der Waals surface area contributed by atoms with E-state index in [0.29, 0.717) is 26.1 Å². The number of rotatable bonds is 2. The van der Waals surface area contributed by atoms with E-state index in [1.165, 1.54) is 0 Å². The Balaban J connectivity index is 1.41. The highest BCUT2D eigenvalue weighted by Crippen LogP contribution is 2.40. The third kappa shape index (κ3) is 2.49. The van der Waals surface area contributed by atoms with Gasteiger partial charge in [-0.15, -0.1) is 0 Å². The number of piperazine rings is 1. The lowest BCUT2D eigenvalue weighted by Gasteiger charge is -2.45. The normalized spacial score (nSPS) is 26.9. The number of aromatic nitrogens is 3. The van der Waals surface area contributed by atoms with E-state index in [-0.39, 0.29) is 18.0 Å². The lowest BCUT2D eigenvalue weighted by molar-refractivity contribution is -0.147. The average molecular weight is 366 g/mol. The third-order valence-corrected chi connectivity index (χ3v) is 6.32. The number of nitrogens with one attached hydrogen (secondary N) is 1. The Morgan fingerprint density at radius 2 is 2.00 bits per heavy atom. The Kier molecular flexibility index (Phi) is 3.79. The summed E-state index contributed by atoms with van der Waals surface area (Å²) in [5, 5.41) is 10.8. The summed E-state index contributed by atoms with van der Waals surface area (Å²) >= 11 is 0. The number of ether oxygens (including phenoxy) is 1. The van der Waals surface area contributed by atoms with E-state index in [9.17, 15) is 10.1 Å². The monoisotopic (exact) mass is 366 g/mol. The molecule has 5 heterocycles. The molecule has 3 aliphatic rings. The molecular formula is C19H22N6O2. The zero-order chi connectivity index (χ0) is 18.4. The Morgan fingerprint density at radius 3 is 2.70 bits per heavy atom. The molecule has 0 radical (unpaired) electrons. The molecule has 3 saturated heterocycles. The van der Waals surface area contributed by atoms with Crippen LogP contribution in [0.3, 0.4) is 0 Å². The molecule has 1 N–H and O–H groups in total. The van der Waals surface area contributed by atoms with Gasteiger partial charge in [-0.25, -0.2) is 9.97 Å². The van der Waals surface area contributed by atoms with Crippen LogP contribution >= 0.6 is 0 Å². The fraction of sp³-hybridized carbons (Fsp3) is 0.579. The second-order valence-corrected chi connectivity index (χ2v) is 7.75. The van der Waals surface area contributed by atoms with E-state index in [1.54, 1.807) is 6.33 Å². The number of carbonyl (C=O) groups excluding carboxylic acids is 1. The quantitative estimate of drug-likeness (QED) is 0.864. The molecule has 2 aromatic rings. The largest absolute Gasteiger partial charge is 0.381 e. The summed E-state index contributed by atoms with van der Waals surface area (Å²) < 4.78 is 5.39. The van der Waals surface area contributed by atoms with Crippen LogP contribution in [0.4, 0.5) is 5.82 Å². The van der Waals surface area contributed by atoms with E-state index < -0.39 is 5.41 Å². The second kappa shape index (κ2) is 6.20. The van der Waals surface area contributed by atoms with Crippen LogP contribution < -0.4 is 4.90 Å². The molecule has 0 saturated carbocycles. The van der Waals surface area contributed by atoms with Crippen LogP contribution in [0.25, 0.3) is 11.0 Å². The average Bonchev–Trinajstić information content (AvgIpc) is 3.29. The number of nitriles is 1. The lowest BCUT2D eigenvalue weighted by Crippen LogP contribution is -2.60. The van der Waals surface area contributed by atoms with Crippen molar-refractivity contribution in [3.05, 3.63) is 18.6 Å². The zero-order valence-electron chi connectivity index (χ0n) is 15.1. The van der Waals surface area contributed by atoms with Gasteiger partial charge in [0.25, 0.3) is 0 Å². The van der Waals surface area contributed by atoms with Crippen LogP contribution in [0.15, 0.2) is 18.6 Å². The van der Waals surface area contributed by atoms with Crippen LogP contribution in [-0.4, -0.2) is 64.1 Å². The van der Waals surface area contributed by atoms with Crippen molar-refractivity contribution in [2.24, 2.45) is 5.41 Å². The van der Waals surface area contributed by atoms with E-state index >= 15 is 0 Å². The van der Waals surface area contributed by atoms with Crippen molar-refractivity contribution in [3.8, 4) is 6.07 Å². The number of hydrogen-bond acceptors (Lipinski definition) is 6. The van der Waals surface area contributed by atoms with Gasteiger partial charge >= 0.3 is 0 Å². The van der Waals surface area contributed by atoms with Gasteiger partial charge in [-0.1, -0.05) is 0 Å². The summed E-state index contributed by atoms with van der Waals surface area (Å²) in [5.74, 6) is 0.932. The van der Waals surface area contributed by atoms with Crippen molar-refractivity contribution < 1.29 is 9.53 Å². The van der Waals surface area contributed by atoms with Gasteiger partial charge in [0.05, 0.1) is 11.5 Å². The number of nitrogens with zero attached hydrogens (tertiary/aromatic N) is 5. The van der Waals surface area contributed by atoms with E-state index in [0.717, 1.165) is 42.8 Å². The minimum Gasteiger partial charge on any atom is -0.381 e. The first kappa shape index (κ1) is 16.5. The first-order valence-corrected chi connectivity index (χ1v) is 9.57. The molecule has 1 amide bonds. The van der Waals surface area contributed by atoms with E-state index in [1.807, 2.05) is 17.2 Å². The smallest absolute Gasteiger partial charge is 0.243 e. The van der Waals surface area contributed by atoms with Gasteiger partial charge in [-0.05, 0) is 31.7 Å². The van der Waals surface area contributed by atoms with Crippen LogP contribution in [0, 0.1) is 16.7 Å². The molecule has 0 aromatic carbocycles.